The predicted molar refractivity (Wildman–Crippen MR) is 85.2 cm³/mol. The smallest absolute Gasteiger partial charge is 0.405 e. The average molecular weight is 359 g/mol. The van der Waals surface area contributed by atoms with Crippen molar-refractivity contribution in [1.82, 2.24) is 10.6 Å². The van der Waals surface area contributed by atoms with E-state index in [0.717, 1.165) is 12.8 Å². The third kappa shape index (κ3) is 3.33. The molecule has 3 saturated carbocycles. The lowest BCUT2D eigenvalue weighted by Gasteiger charge is -2.47. The molecule has 2 bridgehead atoms. The summed E-state index contributed by atoms with van der Waals surface area (Å²) in [6, 6.07) is 4.79. The monoisotopic (exact) mass is 358 g/mol. The van der Waals surface area contributed by atoms with Crippen molar-refractivity contribution in [3.05, 3.63) is 28.2 Å². The molecule has 3 fully saturated rings. The fourth-order valence-corrected chi connectivity index (χ4v) is 3.94. The number of benzene rings is 1. The number of rotatable bonds is 5. The Hall–Kier alpha value is -1.66. The van der Waals surface area contributed by atoms with E-state index in [9.17, 15) is 9.59 Å². The van der Waals surface area contributed by atoms with Gasteiger partial charge in [0.05, 0.1) is 10.0 Å². The Labute approximate surface area is 143 Å². The summed E-state index contributed by atoms with van der Waals surface area (Å²) in [5.74, 6) is 0.232. The number of amides is 2. The third-order valence-corrected chi connectivity index (χ3v) is 5.21. The normalized spacial score (nSPS) is 27.9. The molecule has 0 saturated heterocycles. The highest BCUT2D eigenvalue weighted by Crippen LogP contribution is 2.54. The Balaban J connectivity index is 1.49. The molecule has 3 aliphatic carbocycles. The van der Waals surface area contributed by atoms with E-state index in [1.54, 1.807) is 18.2 Å². The molecule has 0 aromatic heterocycles. The highest BCUT2D eigenvalue weighted by atomic mass is 35.5. The van der Waals surface area contributed by atoms with Crippen LogP contribution in [0.15, 0.2) is 18.2 Å². The van der Waals surface area contributed by atoms with Gasteiger partial charge in [0.15, 0.2) is 6.61 Å². The first-order valence-corrected chi connectivity index (χ1v) is 7.97. The van der Waals surface area contributed by atoms with E-state index in [2.05, 4.69) is 10.6 Å². The molecule has 0 aliphatic heterocycles. The van der Waals surface area contributed by atoms with Crippen molar-refractivity contribution in [2.24, 2.45) is 0 Å². The van der Waals surface area contributed by atoms with Crippen molar-refractivity contribution >= 4 is 35.2 Å². The minimum Gasteiger partial charge on any atom is -0.484 e. The van der Waals surface area contributed by atoms with Gasteiger partial charge in [-0.3, -0.25) is 4.79 Å². The molecule has 1 aromatic rings. The van der Waals surface area contributed by atoms with Crippen LogP contribution in [-0.2, 0) is 4.79 Å². The minimum absolute atomic E-state index is 0.126. The second-order valence-electron chi connectivity index (χ2n) is 6.26. The first kappa shape index (κ1) is 16.2. The quantitative estimate of drug-likeness (QED) is 0.755. The molecule has 8 heteroatoms. The zero-order valence-electron chi connectivity index (χ0n) is 12.2. The second kappa shape index (κ2) is 5.76. The van der Waals surface area contributed by atoms with Gasteiger partial charge >= 0.3 is 6.09 Å². The van der Waals surface area contributed by atoms with Gasteiger partial charge in [-0.25, -0.2) is 4.79 Å². The first-order chi connectivity index (χ1) is 10.8. The molecule has 23 heavy (non-hydrogen) atoms. The molecule has 0 heterocycles. The fourth-order valence-electron chi connectivity index (χ4n) is 3.65. The number of halogens is 2. The Kier molecular flexibility index (Phi) is 4.06. The SMILES string of the molecule is O=C(O)NC12CCC(NC(=O)COc3ccc(Cl)c(Cl)c3)(C1)C2. The summed E-state index contributed by atoms with van der Waals surface area (Å²) in [7, 11) is 0. The van der Waals surface area contributed by atoms with Crippen LogP contribution in [0.4, 0.5) is 4.79 Å². The lowest BCUT2D eigenvalue weighted by molar-refractivity contribution is -0.126. The molecular weight excluding hydrogens is 343 g/mol. The largest absolute Gasteiger partial charge is 0.484 e. The third-order valence-electron chi connectivity index (χ3n) is 4.47. The first-order valence-electron chi connectivity index (χ1n) is 7.22. The van der Waals surface area contributed by atoms with Gasteiger partial charge in [0, 0.05) is 17.1 Å². The van der Waals surface area contributed by atoms with Gasteiger partial charge in [-0.1, -0.05) is 23.2 Å². The molecule has 2 amide bonds. The molecule has 1 aromatic carbocycles. The summed E-state index contributed by atoms with van der Waals surface area (Å²) in [5, 5.41) is 15.1. The highest BCUT2D eigenvalue weighted by molar-refractivity contribution is 6.42. The number of hydrogen-bond acceptors (Lipinski definition) is 3. The molecule has 0 spiro atoms. The number of hydrogen-bond donors (Lipinski definition) is 3. The molecule has 0 atom stereocenters. The van der Waals surface area contributed by atoms with Gasteiger partial charge in [0.2, 0.25) is 0 Å². The van der Waals surface area contributed by atoms with Gasteiger partial charge in [0.25, 0.3) is 5.91 Å². The molecule has 0 unspecified atom stereocenters. The fraction of sp³-hybridized carbons (Fsp3) is 0.467. The summed E-state index contributed by atoms with van der Waals surface area (Å²) >= 11 is 11.7. The molecule has 0 radical (unpaired) electrons. The molecule has 6 nitrogen and oxygen atoms in total. The maximum absolute atomic E-state index is 12.0. The number of ether oxygens (including phenoxy) is 1. The van der Waals surface area contributed by atoms with E-state index in [1.165, 1.54) is 0 Å². The van der Waals surface area contributed by atoms with Crippen molar-refractivity contribution in [2.75, 3.05) is 6.61 Å². The van der Waals surface area contributed by atoms with Crippen molar-refractivity contribution in [3.63, 3.8) is 0 Å². The van der Waals surface area contributed by atoms with Crippen molar-refractivity contribution < 1.29 is 19.4 Å². The van der Waals surface area contributed by atoms with E-state index >= 15 is 0 Å². The number of nitrogens with one attached hydrogen (secondary N) is 2. The Morgan fingerprint density at radius 3 is 2.39 bits per heavy atom. The maximum atomic E-state index is 12.0. The zero-order chi connectivity index (χ0) is 16.7. The lowest BCUT2D eigenvalue weighted by Crippen LogP contribution is -2.64. The molecule has 3 aliphatic rings. The summed E-state index contributed by atoms with van der Waals surface area (Å²) in [4.78, 5) is 22.8. The predicted octanol–water partition coefficient (Wildman–Crippen LogP) is 2.82. The number of fused-ring (bicyclic) bond motifs is 1. The van der Waals surface area contributed by atoms with E-state index in [-0.39, 0.29) is 23.6 Å². The Morgan fingerprint density at radius 1 is 1.13 bits per heavy atom. The van der Waals surface area contributed by atoms with E-state index in [1.807, 2.05) is 0 Å². The number of carbonyl (C=O) groups is 2. The van der Waals surface area contributed by atoms with Crippen LogP contribution in [-0.4, -0.2) is 34.8 Å². The van der Waals surface area contributed by atoms with Crippen LogP contribution in [0.5, 0.6) is 5.75 Å². The molecular formula is C15H16Cl2N2O4. The second-order valence-corrected chi connectivity index (χ2v) is 7.07. The highest BCUT2D eigenvalue weighted by Gasteiger charge is 2.62. The summed E-state index contributed by atoms with van der Waals surface area (Å²) in [5.41, 5.74) is -0.676. The minimum atomic E-state index is -1.02. The van der Waals surface area contributed by atoms with Gasteiger partial charge in [0.1, 0.15) is 5.75 Å². The van der Waals surface area contributed by atoms with E-state index < -0.39 is 6.09 Å². The summed E-state index contributed by atoms with van der Waals surface area (Å²) < 4.78 is 5.40. The number of carbonyl (C=O) groups excluding carboxylic acids is 1. The van der Waals surface area contributed by atoms with Gasteiger partial charge in [-0.15, -0.1) is 0 Å². The van der Waals surface area contributed by atoms with E-state index in [0.29, 0.717) is 28.6 Å². The van der Waals surface area contributed by atoms with Crippen molar-refractivity contribution in [1.29, 1.82) is 0 Å². The van der Waals surface area contributed by atoms with Crippen LogP contribution < -0.4 is 15.4 Å². The summed E-state index contributed by atoms with van der Waals surface area (Å²) in [6.45, 7) is -0.126. The van der Waals surface area contributed by atoms with Crippen LogP contribution in [0.3, 0.4) is 0 Å². The standard InChI is InChI=1S/C15H16Cl2N2O4/c16-10-2-1-9(5-11(10)17)23-6-12(20)18-14-3-4-15(7-14,8-14)19-13(21)22/h1-2,5,19H,3-4,6-8H2,(H,18,20)(H,21,22). The van der Waals surface area contributed by atoms with Crippen LogP contribution in [0.1, 0.15) is 25.7 Å². The Bertz CT molecular complexity index is 659. The van der Waals surface area contributed by atoms with Gasteiger partial charge in [-0.2, -0.15) is 0 Å². The van der Waals surface area contributed by atoms with Crippen molar-refractivity contribution in [2.45, 2.75) is 36.8 Å². The molecule has 4 rings (SSSR count). The topological polar surface area (TPSA) is 87.7 Å². The van der Waals surface area contributed by atoms with Crippen LogP contribution in [0.2, 0.25) is 10.0 Å². The average Bonchev–Trinajstić information content (AvgIpc) is 2.94. The summed E-state index contributed by atoms with van der Waals surface area (Å²) in [6.07, 6.45) is 1.75. The lowest BCUT2D eigenvalue weighted by atomic mass is 9.71. The molecule has 3 N–H and O–H groups in total. The maximum Gasteiger partial charge on any atom is 0.405 e. The van der Waals surface area contributed by atoms with Crippen LogP contribution in [0.25, 0.3) is 0 Å². The number of carboxylic acid groups (broad SMARTS) is 1. The van der Waals surface area contributed by atoms with Gasteiger partial charge in [-0.05, 0) is 37.8 Å². The van der Waals surface area contributed by atoms with Crippen molar-refractivity contribution in [3.8, 4) is 5.75 Å². The zero-order valence-corrected chi connectivity index (χ0v) is 13.7. The van der Waals surface area contributed by atoms with E-state index in [4.69, 9.17) is 33.0 Å². The van der Waals surface area contributed by atoms with Crippen LogP contribution in [0, 0.1) is 0 Å². The Morgan fingerprint density at radius 2 is 1.78 bits per heavy atom. The van der Waals surface area contributed by atoms with Crippen LogP contribution >= 0.6 is 23.2 Å². The van der Waals surface area contributed by atoms with Gasteiger partial charge < -0.3 is 20.5 Å². The molecule has 124 valence electrons.